The number of halogens is 1. The quantitative estimate of drug-likeness (QED) is 0.645. The summed E-state index contributed by atoms with van der Waals surface area (Å²) in [4.78, 5) is 18.0. The fourth-order valence-electron chi connectivity index (χ4n) is 3.48. The molecule has 1 fully saturated rings. The second kappa shape index (κ2) is 9.28. The SMILES string of the molecule is Cc1c(COc2cccc(OCCN3CCOCC3)c2)[nH]c2ccc(F)cc2c1=O. The van der Waals surface area contributed by atoms with Crippen molar-refractivity contribution in [2.75, 3.05) is 39.5 Å². The Morgan fingerprint density at radius 2 is 1.87 bits per heavy atom. The van der Waals surface area contributed by atoms with Gasteiger partial charge in [0.25, 0.3) is 0 Å². The van der Waals surface area contributed by atoms with E-state index in [1.807, 2.05) is 24.3 Å². The fourth-order valence-corrected chi connectivity index (χ4v) is 3.48. The lowest BCUT2D eigenvalue weighted by Gasteiger charge is -2.26. The zero-order valence-electron chi connectivity index (χ0n) is 16.9. The van der Waals surface area contributed by atoms with Gasteiger partial charge in [-0.3, -0.25) is 9.69 Å². The van der Waals surface area contributed by atoms with E-state index >= 15 is 0 Å². The van der Waals surface area contributed by atoms with Crippen molar-refractivity contribution in [1.82, 2.24) is 9.88 Å². The maximum atomic E-state index is 13.5. The third kappa shape index (κ3) is 4.80. The number of nitrogens with one attached hydrogen (secondary N) is 1. The number of benzene rings is 2. The van der Waals surface area contributed by atoms with Gasteiger partial charge < -0.3 is 19.2 Å². The Labute approximate surface area is 174 Å². The van der Waals surface area contributed by atoms with Crippen LogP contribution in [0.15, 0.2) is 47.3 Å². The highest BCUT2D eigenvalue weighted by atomic mass is 19.1. The molecular formula is C23H25FN2O4. The average Bonchev–Trinajstić information content (AvgIpc) is 2.77. The first-order valence-electron chi connectivity index (χ1n) is 10.1. The summed E-state index contributed by atoms with van der Waals surface area (Å²) in [6.45, 7) is 6.77. The van der Waals surface area contributed by atoms with Gasteiger partial charge in [-0.2, -0.15) is 0 Å². The molecule has 7 heteroatoms. The monoisotopic (exact) mass is 412 g/mol. The van der Waals surface area contributed by atoms with Crippen molar-refractivity contribution >= 4 is 10.9 Å². The lowest BCUT2D eigenvalue weighted by molar-refractivity contribution is 0.0322. The van der Waals surface area contributed by atoms with Gasteiger partial charge in [-0.05, 0) is 37.3 Å². The second-order valence-corrected chi connectivity index (χ2v) is 7.31. The van der Waals surface area contributed by atoms with E-state index in [1.165, 1.54) is 12.1 Å². The first-order chi connectivity index (χ1) is 14.6. The molecule has 1 aliphatic heterocycles. The van der Waals surface area contributed by atoms with Crippen LogP contribution in [0.2, 0.25) is 0 Å². The highest BCUT2D eigenvalue weighted by Gasteiger charge is 2.11. The molecular weight excluding hydrogens is 387 g/mol. The van der Waals surface area contributed by atoms with Gasteiger partial charge in [0.1, 0.15) is 30.5 Å². The van der Waals surface area contributed by atoms with Gasteiger partial charge in [0.15, 0.2) is 5.43 Å². The third-order valence-electron chi connectivity index (χ3n) is 5.27. The molecule has 158 valence electrons. The largest absolute Gasteiger partial charge is 0.492 e. The summed E-state index contributed by atoms with van der Waals surface area (Å²) in [6.07, 6.45) is 0. The van der Waals surface area contributed by atoms with Crippen molar-refractivity contribution in [3.8, 4) is 11.5 Å². The van der Waals surface area contributed by atoms with E-state index < -0.39 is 5.82 Å². The van der Waals surface area contributed by atoms with Gasteiger partial charge in [0, 0.05) is 42.2 Å². The molecule has 3 aromatic rings. The maximum Gasteiger partial charge on any atom is 0.192 e. The summed E-state index contributed by atoms with van der Waals surface area (Å²) in [5.41, 5.74) is 1.58. The van der Waals surface area contributed by atoms with Crippen molar-refractivity contribution in [1.29, 1.82) is 0 Å². The summed E-state index contributed by atoms with van der Waals surface area (Å²) in [5.74, 6) is 0.958. The first kappa shape index (κ1) is 20.4. The molecule has 0 atom stereocenters. The number of aromatic amines is 1. The fraction of sp³-hybridized carbons (Fsp3) is 0.348. The van der Waals surface area contributed by atoms with Gasteiger partial charge in [0.05, 0.1) is 18.9 Å². The molecule has 0 radical (unpaired) electrons. The molecule has 0 unspecified atom stereocenters. The number of hydrogen-bond acceptors (Lipinski definition) is 5. The van der Waals surface area contributed by atoms with Gasteiger partial charge in [0.2, 0.25) is 0 Å². The highest BCUT2D eigenvalue weighted by Crippen LogP contribution is 2.21. The number of nitrogens with zero attached hydrogens (tertiary/aromatic N) is 1. The minimum absolute atomic E-state index is 0.193. The molecule has 1 N–H and O–H groups in total. The third-order valence-corrected chi connectivity index (χ3v) is 5.27. The van der Waals surface area contributed by atoms with E-state index in [0.717, 1.165) is 38.6 Å². The van der Waals surface area contributed by atoms with Crippen LogP contribution in [0.5, 0.6) is 11.5 Å². The molecule has 2 aromatic carbocycles. The number of fused-ring (bicyclic) bond motifs is 1. The standard InChI is InChI=1S/C23H25FN2O4/c1-16-22(25-21-6-5-17(24)13-20(21)23(16)27)15-30-19-4-2-3-18(14-19)29-12-9-26-7-10-28-11-8-26/h2-6,13-14H,7-12,15H2,1H3,(H,25,27). The van der Waals surface area contributed by atoms with Gasteiger partial charge >= 0.3 is 0 Å². The predicted octanol–water partition coefficient (Wildman–Crippen LogP) is 3.27. The zero-order valence-corrected chi connectivity index (χ0v) is 16.9. The number of H-pyrrole nitrogens is 1. The van der Waals surface area contributed by atoms with Crippen molar-refractivity contribution < 1.29 is 18.6 Å². The molecule has 0 spiro atoms. The van der Waals surface area contributed by atoms with E-state index in [4.69, 9.17) is 14.2 Å². The lowest BCUT2D eigenvalue weighted by Crippen LogP contribution is -2.38. The highest BCUT2D eigenvalue weighted by molar-refractivity contribution is 5.79. The molecule has 0 bridgehead atoms. The Kier molecular flexibility index (Phi) is 6.30. The van der Waals surface area contributed by atoms with E-state index in [-0.39, 0.29) is 12.0 Å². The van der Waals surface area contributed by atoms with Crippen LogP contribution in [0.3, 0.4) is 0 Å². The number of morpholine rings is 1. The van der Waals surface area contributed by atoms with Gasteiger partial charge in [-0.15, -0.1) is 0 Å². The molecule has 0 aliphatic carbocycles. The Balaban J connectivity index is 1.39. The molecule has 0 amide bonds. The van der Waals surface area contributed by atoms with E-state index in [1.54, 1.807) is 13.0 Å². The molecule has 30 heavy (non-hydrogen) atoms. The molecule has 1 saturated heterocycles. The number of aromatic nitrogens is 1. The Bertz CT molecular complexity index is 1080. The number of hydrogen-bond donors (Lipinski definition) is 1. The minimum Gasteiger partial charge on any atom is -0.492 e. The molecule has 1 aromatic heterocycles. The van der Waals surface area contributed by atoms with E-state index in [0.29, 0.717) is 34.5 Å². The van der Waals surface area contributed by atoms with Crippen LogP contribution in [0.25, 0.3) is 10.9 Å². The first-order valence-corrected chi connectivity index (χ1v) is 10.1. The van der Waals surface area contributed by atoms with E-state index in [2.05, 4.69) is 9.88 Å². The van der Waals surface area contributed by atoms with Crippen LogP contribution in [0.4, 0.5) is 4.39 Å². The lowest BCUT2D eigenvalue weighted by atomic mass is 10.1. The minimum atomic E-state index is -0.429. The van der Waals surface area contributed by atoms with Crippen LogP contribution in [-0.4, -0.2) is 49.3 Å². The summed E-state index contributed by atoms with van der Waals surface area (Å²) < 4.78 is 30.5. The maximum absolute atomic E-state index is 13.5. The molecule has 2 heterocycles. The normalized spacial score (nSPS) is 14.7. The second-order valence-electron chi connectivity index (χ2n) is 7.31. The molecule has 4 rings (SSSR count). The number of pyridine rings is 1. The van der Waals surface area contributed by atoms with Gasteiger partial charge in [-0.1, -0.05) is 6.07 Å². The Morgan fingerprint density at radius 3 is 2.67 bits per heavy atom. The number of rotatable bonds is 7. The van der Waals surface area contributed by atoms with Crippen molar-refractivity contribution in [2.45, 2.75) is 13.5 Å². The average molecular weight is 412 g/mol. The molecule has 6 nitrogen and oxygen atoms in total. The predicted molar refractivity (Wildman–Crippen MR) is 113 cm³/mol. The Morgan fingerprint density at radius 1 is 1.10 bits per heavy atom. The number of ether oxygens (including phenoxy) is 3. The van der Waals surface area contributed by atoms with Crippen LogP contribution in [0.1, 0.15) is 11.3 Å². The topological polar surface area (TPSA) is 63.8 Å². The Hall–Kier alpha value is -2.90. The van der Waals surface area contributed by atoms with Crippen molar-refractivity contribution in [2.24, 2.45) is 0 Å². The van der Waals surface area contributed by atoms with Crippen LogP contribution in [0, 0.1) is 12.7 Å². The van der Waals surface area contributed by atoms with Crippen LogP contribution in [-0.2, 0) is 11.3 Å². The summed E-state index contributed by atoms with van der Waals surface area (Å²) in [7, 11) is 0. The summed E-state index contributed by atoms with van der Waals surface area (Å²) >= 11 is 0. The van der Waals surface area contributed by atoms with E-state index in [9.17, 15) is 9.18 Å². The summed E-state index contributed by atoms with van der Waals surface area (Å²) in [5, 5.41) is 0.340. The summed E-state index contributed by atoms with van der Waals surface area (Å²) in [6, 6.07) is 11.6. The van der Waals surface area contributed by atoms with Crippen LogP contribution >= 0.6 is 0 Å². The van der Waals surface area contributed by atoms with Crippen LogP contribution < -0.4 is 14.9 Å². The smallest absolute Gasteiger partial charge is 0.192 e. The zero-order chi connectivity index (χ0) is 20.9. The van der Waals surface area contributed by atoms with Crippen molar-refractivity contribution in [3.05, 3.63) is 69.8 Å². The molecule has 0 saturated carbocycles. The molecule has 1 aliphatic rings. The van der Waals surface area contributed by atoms with Gasteiger partial charge in [-0.25, -0.2) is 4.39 Å². The van der Waals surface area contributed by atoms with Crippen molar-refractivity contribution in [3.63, 3.8) is 0 Å².